The van der Waals surface area contributed by atoms with Gasteiger partial charge in [-0.1, -0.05) is 54.2 Å². The molecule has 2 aromatic carbocycles. The van der Waals surface area contributed by atoms with Crippen LogP contribution < -0.4 is 0 Å². The van der Waals surface area contributed by atoms with E-state index in [9.17, 15) is 0 Å². The van der Waals surface area contributed by atoms with Gasteiger partial charge in [0.1, 0.15) is 0 Å². The molecule has 0 aliphatic heterocycles. The van der Waals surface area contributed by atoms with E-state index in [0.29, 0.717) is 0 Å². The zero-order valence-corrected chi connectivity index (χ0v) is 10.1. The average molecular weight is 226 g/mol. The fourth-order valence-electron chi connectivity index (χ4n) is 1.43. The zero-order valence-electron chi connectivity index (χ0n) is 9.31. The van der Waals surface area contributed by atoms with Crippen LogP contribution >= 0.6 is 11.8 Å². The average Bonchev–Trinajstić information content (AvgIpc) is 2.31. The summed E-state index contributed by atoms with van der Waals surface area (Å²) in [7, 11) is 0. The van der Waals surface area contributed by atoms with Crippen molar-refractivity contribution >= 4 is 17.3 Å². The maximum atomic E-state index is 3.93. The summed E-state index contributed by atoms with van der Waals surface area (Å²) in [6.07, 6.45) is 0. The van der Waals surface area contributed by atoms with E-state index in [1.54, 1.807) is 11.8 Å². The smallest absolute Gasteiger partial charge is 0.0122 e. The van der Waals surface area contributed by atoms with Gasteiger partial charge in [-0.25, -0.2) is 0 Å². The third-order valence-electron chi connectivity index (χ3n) is 2.33. The summed E-state index contributed by atoms with van der Waals surface area (Å²) in [5.74, 6) is 0. The third kappa shape index (κ3) is 2.77. The summed E-state index contributed by atoms with van der Waals surface area (Å²) in [5.41, 5.74) is 2.31. The number of rotatable bonds is 3. The van der Waals surface area contributed by atoms with Crippen molar-refractivity contribution in [3.8, 4) is 0 Å². The Bertz CT molecular complexity index is 469. The molecule has 0 nitrogen and oxygen atoms in total. The van der Waals surface area contributed by atoms with Gasteiger partial charge in [0.2, 0.25) is 0 Å². The van der Waals surface area contributed by atoms with Gasteiger partial charge >= 0.3 is 0 Å². The molecule has 0 saturated heterocycles. The van der Waals surface area contributed by atoms with E-state index in [-0.39, 0.29) is 0 Å². The minimum absolute atomic E-state index is 1.11. The minimum atomic E-state index is 1.11. The van der Waals surface area contributed by atoms with Gasteiger partial charge in [0.05, 0.1) is 0 Å². The van der Waals surface area contributed by atoms with Gasteiger partial charge < -0.3 is 0 Å². The third-order valence-corrected chi connectivity index (χ3v) is 3.34. The molecule has 0 amide bonds. The zero-order chi connectivity index (χ0) is 11.4. The molecule has 80 valence electrons. The first-order valence-corrected chi connectivity index (χ1v) is 6.06. The molecule has 0 N–H and O–H groups in total. The van der Waals surface area contributed by atoms with Crippen molar-refractivity contribution in [1.82, 2.24) is 0 Å². The SMILES string of the molecule is C=C(C)c1ccc(Sc2ccccc2)cc1. The fraction of sp³-hybridized carbons (Fsp3) is 0.0667. The summed E-state index contributed by atoms with van der Waals surface area (Å²) < 4.78 is 0. The molecule has 0 spiro atoms. The van der Waals surface area contributed by atoms with Crippen molar-refractivity contribution in [2.45, 2.75) is 16.7 Å². The Morgan fingerprint density at radius 1 is 0.875 bits per heavy atom. The summed E-state index contributed by atoms with van der Waals surface area (Å²) in [4.78, 5) is 2.53. The molecule has 0 aromatic heterocycles. The maximum absolute atomic E-state index is 3.93. The van der Waals surface area contributed by atoms with Crippen LogP contribution in [0.5, 0.6) is 0 Å². The van der Waals surface area contributed by atoms with Gasteiger partial charge in [-0.15, -0.1) is 0 Å². The minimum Gasteiger partial charge on any atom is -0.0955 e. The van der Waals surface area contributed by atoms with Gasteiger partial charge in [0.25, 0.3) is 0 Å². The van der Waals surface area contributed by atoms with E-state index in [0.717, 1.165) is 5.57 Å². The van der Waals surface area contributed by atoms with Crippen molar-refractivity contribution < 1.29 is 0 Å². The second-order valence-electron chi connectivity index (χ2n) is 3.72. The van der Waals surface area contributed by atoms with Crippen LogP contribution in [0, 0.1) is 0 Å². The van der Waals surface area contributed by atoms with Crippen LogP contribution in [0.15, 0.2) is 71.0 Å². The molecule has 0 aliphatic rings. The topological polar surface area (TPSA) is 0 Å². The standard InChI is InChI=1S/C15H14S/c1-12(2)13-8-10-15(11-9-13)16-14-6-4-3-5-7-14/h3-11H,1H2,2H3. The van der Waals surface area contributed by atoms with Crippen molar-refractivity contribution in [3.05, 3.63) is 66.7 Å². The Kier molecular flexibility index (Phi) is 3.47. The maximum Gasteiger partial charge on any atom is 0.0122 e. The van der Waals surface area contributed by atoms with Crippen LogP contribution in [0.1, 0.15) is 12.5 Å². The first-order valence-electron chi connectivity index (χ1n) is 5.24. The van der Waals surface area contributed by atoms with Crippen molar-refractivity contribution in [3.63, 3.8) is 0 Å². The van der Waals surface area contributed by atoms with Crippen LogP contribution in [0.2, 0.25) is 0 Å². The second-order valence-corrected chi connectivity index (χ2v) is 4.87. The quantitative estimate of drug-likeness (QED) is 0.719. The van der Waals surface area contributed by atoms with Gasteiger partial charge in [0.15, 0.2) is 0 Å². The predicted molar refractivity (Wildman–Crippen MR) is 71.7 cm³/mol. The number of hydrogen-bond acceptors (Lipinski definition) is 1. The van der Waals surface area contributed by atoms with E-state index in [2.05, 4.69) is 55.1 Å². The Balaban J connectivity index is 2.14. The molecule has 0 fully saturated rings. The molecular formula is C15H14S. The summed E-state index contributed by atoms with van der Waals surface area (Å²) >= 11 is 1.78. The van der Waals surface area contributed by atoms with Crippen LogP contribution in [-0.4, -0.2) is 0 Å². The molecular weight excluding hydrogens is 212 g/mol. The van der Waals surface area contributed by atoms with Crippen LogP contribution in [0.25, 0.3) is 5.57 Å². The van der Waals surface area contributed by atoms with Gasteiger partial charge in [-0.3, -0.25) is 0 Å². The molecule has 0 heterocycles. The molecule has 16 heavy (non-hydrogen) atoms. The molecule has 0 atom stereocenters. The number of allylic oxidation sites excluding steroid dienone is 1. The van der Waals surface area contributed by atoms with E-state index >= 15 is 0 Å². The van der Waals surface area contributed by atoms with Crippen LogP contribution in [0.3, 0.4) is 0 Å². The summed E-state index contributed by atoms with van der Waals surface area (Å²) in [6, 6.07) is 18.9. The lowest BCUT2D eigenvalue weighted by Crippen LogP contribution is -1.78. The fourth-order valence-corrected chi connectivity index (χ4v) is 2.27. The molecule has 0 radical (unpaired) electrons. The highest BCUT2D eigenvalue weighted by Gasteiger charge is 1.97. The molecule has 0 unspecified atom stereocenters. The summed E-state index contributed by atoms with van der Waals surface area (Å²) in [5, 5.41) is 0. The Morgan fingerprint density at radius 3 is 2.00 bits per heavy atom. The van der Waals surface area contributed by atoms with Gasteiger partial charge in [-0.05, 0) is 36.8 Å². The predicted octanol–water partition coefficient (Wildman–Crippen LogP) is 4.87. The highest BCUT2D eigenvalue weighted by atomic mass is 32.2. The normalized spacial score (nSPS) is 10.1. The van der Waals surface area contributed by atoms with E-state index in [1.165, 1.54) is 15.4 Å². The van der Waals surface area contributed by atoms with Crippen LogP contribution in [-0.2, 0) is 0 Å². The first kappa shape index (κ1) is 11.0. The highest BCUT2D eigenvalue weighted by Crippen LogP contribution is 2.28. The molecule has 2 rings (SSSR count). The Labute approximate surface area is 101 Å². The van der Waals surface area contributed by atoms with E-state index in [1.807, 2.05) is 13.0 Å². The van der Waals surface area contributed by atoms with Crippen molar-refractivity contribution in [1.29, 1.82) is 0 Å². The molecule has 0 saturated carbocycles. The Hall–Kier alpha value is -1.47. The highest BCUT2D eigenvalue weighted by molar-refractivity contribution is 7.99. The second kappa shape index (κ2) is 5.04. The first-order chi connectivity index (χ1) is 7.75. The number of benzene rings is 2. The Morgan fingerprint density at radius 2 is 1.44 bits per heavy atom. The molecule has 2 aromatic rings. The molecule has 1 heteroatoms. The summed E-state index contributed by atoms with van der Waals surface area (Å²) in [6.45, 7) is 5.96. The lowest BCUT2D eigenvalue weighted by Gasteiger charge is -2.03. The number of hydrogen-bond donors (Lipinski definition) is 0. The molecule has 0 aliphatic carbocycles. The monoisotopic (exact) mass is 226 g/mol. The van der Waals surface area contributed by atoms with Crippen molar-refractivity contribution in [2.75, 3.05) is 0 Å². The van der Waals surface area contributed by atoms with Gasteiger partial charge in [0, 0.05) is 9.79 Å². The van der Waals surface area contributed by atoms with Crippen LogP contribution in [0.4, 0.5) is 0 Å². The lowest BCUT2D eigenvalue weighted by molar-refractivity contribution is 1.39. The largest absolute Gasteiger partial charge is 0.0955 e. The molecule has 0 bridgehead atoms. The lowest BCUT2D eigenvalue weighted by atomic mass is 10.1. The van der Waals surface area contributed by atoms with E-state index < -0.39 is 0 Å². The van der Waals surface area contributed by atoms with Crippen molar-refractivity contribution in [2.24, 2.45) is 0 Å². The van der Waals surface area contributed by atoms with E-state index in [4.69, 9.17) is 0 Å². The van der Waals surface area contributed by atoms with Gasteiger partial charge in [-0.2, -0.15) is 0 Å².